The van der Waals surface area contributed by atoms with Gasteiger partial charge in [-0.05, 0) is 42.0 Å². The van der Waals surface area contributed by atoms with E-state index < -0.39 is 17.6 Å². The maximum atomic E-state index is 12.8. The van der Waals surface area contributed by atoms with Crippen molar-refractivity contribution in [3.05, 3.63) is 76.9 Å². The van der Waals surface area contributed by atoms with Crippen molar-refractivity contribution in [3.63, 3.8) is 0 Å². The number of carbonyl (C=O) groups is 1. The van der Waals surface area contributed by atoms with Gasteiger partial charge in [0.1, 0.15) is 17.4 Å². The first-order chi connectivity index (χ1) is 14.7. The third-order valence-corrected chi connectivity index (χ3v) is 3.94. The van der Waals surface area contributed by atoms with Gasteiger partial charge in [0.2, 0.25) is 11.7 Å². The van der Waals surface area contributed by atoms with Crippen LogP contribution >= 0.6 is 0 Å². The Balaban J connectivity index is 1.66. The lowest BCUT2D eigenvalue weighted by Crippen LogP contribution is -2.14. The Morgan fingerprint density at radius 2 is 2.00 bits per heavy atom. The molecule has 10 heteroatoms. The van der Waals surface area contributed by atoms with Crippen molar-refractivity contribution >= 4 is 17.7 Å². The number of anilines is 1. The second-order valence-electron chi connectivity index (χ2n) is 6.29. The summed E-state index contributed by atoms with van der Waals surface area (Å²) in [5, 5.41) is 15.3. The molecule has 1 aromatic heterocycles. The van der Waals surface area contributed by atoms with Crippen molar-refractivity contribution in [2.45, 2.75) is 19.7 Å². The van der Waals surface area contributed by atoms with Crippen LogP contribution in [-0.4, -0.2) is 16.0 Å². The molecule has 1 heterocycles. The molecule has 0 saturated carbocycles. The molecule has 0 unspecified atom stereocenters. The standard InChI is InChI=1S/C21H15F3N4O3/c1-13-26-19(28-31-13)12-30-18-7-5-14(6-8-18)9-15(11-25)20(29)27-17-4-2-3-16(10-17)21(22,23)24/h2-10H,12H2,1H3,(H,27,29). The van der Waals surface area contributed by atoms with E-state index in [4.69, 9.17) is 9.26 Å². The minimum atomic E-state index is -4.54. The number of nitriles is 1. The molecule has 7 nitrogen and oxygen atoms in total. The SMILES string of the molecule is Cc1nc(COc2ccc(C=C(C#N)C(=O)Nc3cccc(C(F)(F)F)c3)cc2)no1. The smallest absolute Gasteiger partial charge is 0.416 e. The van der Waals surface area contributed by atoms with E-state index in [1.165, 1.54) is 18.2 Å². The van der Waals surface area contributed by atoms with Gasteiger partial charge < -0.3 is 14.6 Å². The minimum Gasteiger partial charge on any atom is -0.485 e. The van der Waals surface area contributed by atoms with Gasteiger partial charge in [-0.1, -0.05) is 23.4 Å². The minimum absolute atomic E-state index is 0.0681. The number of ether oxygens (including phenoxy) is 1. The van der Waals surface area contributed by atoms with E-state index in [0.717, 1.165) is 12.1 Å². The fourth-order valence-corrected chi connectivity index (χ4v) is 2.50. The Kier molecular flexibility index (Phi) is 6.35. The molecule has 158 valence electrons. The summed E-state index contributed by atoms with van der Waals surface area (Å²) >= 11 is 0. The topological polar surface area (TPSA) is 101 Å². The van der Waals surface area contributed by atoms with Gasteiger partial charge in [-0.2, -0.15) is 23.4 Å². The molecule has 3 aromatic rings. The van der Waals surface area contributed by atoms with E-state index in [1.807, 2.05) is 0 Å². The van der Waals surface area contributed by atoms with E-state index in [2.05, 4.69) is 15.5 Å². The second-order valence-corrected chi connectivity index (χ2v) is 6.29. The molecule has 3 rings (SSSR count). The number of nitrogens with one attached hydrogen (secondary N) is 1. The van der Waals surface area contributed by atoms with Gasteiger partial charge >= 0.3 is 6.18 Å². The third-order valence-electron chi connectivity index (χ3n) is 3.94. The number of aromatic nitrogens is 2. The number of halogens is 3. The molecule has 31 heavy (non-hydrogen) atoms. The van der Waals surface area contributed by atoms with Crippen LogP contribution in [0, 0.1) is 18.3 Å². The van der Waals surface area contributed by atoms with Crippen molar-refractivity contribution in [2.24, 2.45) is 0 Å². The fraction of sp³-hybridized carbons (Fsp3) is 0.143. The summed E-state index contributed by atoms with van der Waals surface area (Å²) in [6.45, 7) is 1.77. The van der Waals surface area contributed by atoms with Crippen LogP contribution in [0.4, 0.5) is 18.9 Å². The molecular weight excluding hydrogens is 413 g/mol. The Morgan fingerprint density at radius 1 is 1.26 bits per heavy atom. The zero-order valence-electron chi connectivity index (χ0n) is 16.1. The van der Waals surface area contributed by atoms with Gasteiger partial charge in [0.15, 0.2) is 6.61 Å². The summed E-state index contributed by atoms with van der Waals surface area (Å²) in [5.41, 5.74) is -0.715. The summed E-state index contributed by atoms with van der Waals surface area (Å²) in [7, 11) is 0. The van der Waals surface area contributed by atoms with Crippen LogP contribution < -0.4 is 10.1 Å². The molecule has 0 spiro atoms. The molecular formula is C21H15F3N4O3. The zero-order valence-corrected chi connectivity index (χ0v) is 16.1. The van der Waals surface area contributed by atoms with E-state index in [0.29, 0.717) is 23.0 Å². The first kappa shape index (κ1) is 21.6. The predicted octanol–water partition coefficient (Wildman–Crippen LogP) is 4.52. The maximum Gasteiger partial charge on any atom is 0.416 e. The highest BCUT2D eigenvalue weighted by Crippen LogP contribution is 2.30. The number of carbonyl (C=O) groups excluding carboxylic acids is 1. The van der Waals surface area contributed by atoms with Crippen molar-refractivity contribution in [1.29, 1.82) is 5.26 Å². The molecule has 0 fully saturated rings. The van der Waals surface area contributed by atoms with Crippen LogP contribution in [0.1, 0.15) is 22.8 Å². The average Bonchev–Trinajstić information content (AvgIpc) is 3.16. The molecule has 0 aliphatic carbocycles. The van der Waals surface area contributed by atoms with Gasteiger partial charge in [0, 0.05) is 12.6 Å². The van der Waals surface area contributed by atoms with Gasteiger partial charge in [0.25, 0.3) is 5.91 Å². The van der Waals surface area contributed by atoms with Crippen LogP contribution in [0.2, 0.25) is 0 Å². The molecule has 0 radical (unpaired) electrons. The molecule has 0 saturated heterocycles. The van der Waals surface area contributed by atoms with Crippen LogP contribution in [0.5, 0.6) is 5.75 Å². The van der Waals surface area contributed by atoms with Crippen LogP contribution in [0.15, 0.2) is 58.6 Å². The quantitative estimate of drug-likeness (QED) is 0.458. The van der Waals surface area contributed by atoms with Gasteiger partial charge in [-0.15, -0.1) is 0 Å². The van der Waals surface area contributed by atoms with Crippen LogP contribution in [-0.2, 0) is 17.6 Å². The summed E-state index contributed by atoms with van der Waals surface area (Å²) in [6.07, 6.45) is -3.23. The molecule has 1 amide bonds. The number of alkyl halides is 3. The van der Waals surface area contributed by atoms with Crippen LogP contribution in [0.3, 0.4) is 0 Å². The molecule has 0 aliphatic rings. The number of nitrogens with zero attached hydrogens (tertiary/aromatic N) is 3. The van der Waals surface area contributed by atoms with E-state index in [1.54, 1.807) is 37.3 Å². The van der Waals surface area contributed by atoms with Gasteiger partial charge in [0.05, 0.1) is 5.56 Å². The highest BCUT2D eigenvalue weighted by atomic mass is 19.4. The van der Waals surface area contributed by atoms with E-state index in [-0.39, 0.29) is 17.9 Å². The van der Waals surface area contributed by atoms with Crippen LogP contribution in [0.25, 0.3) is 6.08 Å². The molecule has 2 aromatic carbocycles. The molecule has 0 bridgehead atoms. The first-order valence-electron chi connectivity index (χ1n) is 8.87. The van der Waals surface area contributed by atoms with Crippen molar-refractivity contribution in [3.8, 4) is 11.8 Å². The average molecular weight is 428 g/mol. The van der Waals surface area contributed by atoms with Gasteiger partial charge in [-0.25, -0.2) is 0 Å². The molecule has 0 aliphatic heterocycles. The lowest BCUT2D eigenvalue weighted by Gasteiger charge is -2.09. The normalized spacial score (nSPS) is 11.6. The van der Waals surface area contributed by atoms with Crippen molar-refractivity contribution in [1.82, 2.24) is 10.1 Å². The number of hydrogen-bond donors (Lipinski definition) is 1. The first-order valence-corrected chi connectivity index (χ1v) is 8.87. The summed E-state index contributed by atoms with van der Waals surface area (Å²) < 4.78 is 48.8. The Morgan fingerprint density at radius 3 is 2.61 bits per heavy atom. The second kappa shape index (κ2) is 9.13. The lowest BCUT2D eigenvalue weighted by molar-refractivity contribution is -0.137. The molecule has 1 N–H and O–H groups in total. The Labute approximate surface area is 174 Å². The van der Waals surface area contributed by atoms with Gasteiger partial charge in [-0.3, -0.25) is 4.79 Å². The monoisotopic (exact) mass is 428 g/mol. The number of rotatable bonds is 6. The third kappa shape index (κ3) is 5.93. The maximum absolute atomic E-state index is 12.8. The lowest BCUT2D eigenvalue weighted by atomic mass is 10.1. The van der Waals surface area contributed by atoms with E-state index in [9.17, 15) is 23.2 Å². The summed E-state index contributed by atoms with van der Waals surface area (Å²) in [5.74, 6) is 0.493. The largest absolute Gasteiger partial charge is 0.485 e. The highest BCUT2D eigenvalue weighted by Gasteiger charge is 2.30. The summed E-state index contributed by atoms with van der Waals surface area (Å²) in [4.78, 5) is 16.3. The van der Waals surface area contributed by atoms with E-state index >= 15 is 0 Å². The summed E-state index contributed by atoms with van der Waals surface area (Å²) in [6, 6.07) is 12.4. The fourth-order valence-electron chi connectivity index (χ4n) is 2.50. The van der Waals surface area contributed by atoms with Crippen molar-refractivity contribution in [2.75, 3.05) is 5.32 Å². The number of hydrogen-bond acceptors (Lipinski definition) is 6. The molecule has 0 atom stereocenters. The number of amides is 1. The Hall–Kier alpha value is -4.13. The highest BCUT2D eigenvalue weighted by molar-refractivity contribution is 6.09. The number of benzene rings is 2. The number of aryl methyl sites for hydroxylation is 1. The van der Waals surface area contributed by atoms with Crippen molar-refractivity contribution < 1.29 is 27.2 Å². The zero-order chi connectivity index (χ0) is 22.4. The Bertz CT molecular complexity index is 1150. The predicted molar refractivity (Wildman–Crippen MR) is 103 cm³/mol.